The minimum atomic E-state index is 1.12. The third-order valence-electron chi connectivity index (χ3n) is 58.5. The molecule has 48 unspecified atom stereocenters. The summed E-state index contributed by atoms with van der Waals surface area (Å²) in [6, 6.07) is 0. The maximum atomic E-state index is 1.89. The average molecular weight is 801 g/mol. The first-order valence-corrected chi connectivity index (χ1v) is 31.9. The van der Waals surface area contributed by atoms with Crippen molar-refractivity contribution >= 4 is 0 Å². The van der Waals surface area contributed by atoms with Crippen LogP contribution in [0.2, 0.25) is 0 Å². The third kappa shape index (κ3) is 0.379. The van der Waals surface area contributed by atoms with Crippen molar-refractivity contribution in [2.45, 2.75) is 25.7 Å². The van der Waals surface area contributed by atoms with Gasteiger partial charge in [0.25, 0.3) is 0 Å². The van der Waals surface area contributed by atoms with Crippen molar-refractivity contribution in [3.63, 3.8) is 0 Å². The number of hydrogen-bond donors (Lipinski definition) is 0. The van der Waals surface area contributed by atoms with Gasteiger partial charge in [-0.05, 0) is 363 Å². The van der Waals surface area contributed by atoms with Crippen LogP contribution in [0.5, 0.6) is 0 Å². The summed E-state index contributed by atoms with van der Waals surface area (Å²) >= 11 is 0. The molecule has 49 aliphatic rings. The average Bonchev–Trinajstić information content (AvgIpc) is 3.14. The summed E-state index contributed by atoms with van der Waals surface area (Å²) in [5.74, 6) is 34.1. The second kappa shape index (κ2) is 2.84. The van der Waals surface area contributed by atoms with Gasteiger partial charge in [-0.25, -0.2) is 0 Å². The van der Waals surface area contributed by atoms with E-state index in [0.717, 1.165) is 130 Å². The quantitative estimate of drug-likeness (QED) is 0.339. The van der Waals surface area contributed by atoms with Crippen LogP contribution in [0, 0.1) is 337 Å². The largest absolute Gasteiger partial charge is 0.0458 e. The molecule has 0 nitrogen and oxygen atoms in total. The van der Waals surface area contributed by atoms with Gasteiger partial charge in [0.15, 0.2) is 0 Å². The van der Waals surface area contributed by atoms with Gasteiger partial charge in [0, 0.05) is 0 Å². The molecule has 0 amide bonds. The van der Waals surface area contributed by atoms with Gasteiger partial charge in [0.05, 0.1) is 0 Å². The highest BCUT2D eigenvalue weighted by Crippen LogP contribution is 3.81. The Morgan fingerprint density at radius 2 is 0.297 bits per heavy atom. The number of hydrogen-bond acceptors (Lipinski definition) is 0. The maximum absolute atomic E-state index is 1.89. The molecule has 0 aliphatic heterocycles. The van der Waals surface area contributed by atoms with Crippen molar-refractivity contribution in [3.05, 3.63) is 0 Å². The second-order valence-corrected chi connectivity index (χ2v) is 42.6. The van der Waals surface area contributed by atoms with Crippen LogP contribution in [0.3, 0.4) is 0 Å². The summed E-state index contributed by atoms with van der Waals surface area (Å²) in [5.41, 5.74) is 41.3. The van der Waals surface area contributed by atoms with E-state index in [1.807, 2.05) is 25.7 Å². The molecule has 64 heavy (non-hydrogen) atoms. The van der Waals surface area contributed by atoms with Crippen LogP contribution in [-0.2, 0) is 0 Å². The molecule has 0 saturated heterocycles. The Bertz CT molecular complexity index is 3890. The van der Waals surface area contributed by atoms with Crippen LogP contribution >= 0.6 is 0 Å². The Morgan fingerprint density at radius 1 is 0.141 bits per heavy atom. The normalized spacial score (nSPS) is 150. The van der Waals surface area contributed by atoms with Crippen molar-refractivity contribution in [2.24, 2.45) is 337 Å². The molecule has 0 aromatic carbocycles. The van der Waals surface area contributed by atoms with Gasteiger partial charge in [0.2, 0.25) is 0 Å². The molecule has 36 spiro atoms. The molecule has 0 aromatic heterocycles. The highest BCUT2D eigenvalue weighted by molar-refractivity contribution is 6.24. The SMILES string of the molecule is C1C2C3C4C5C6C7CC8C9C%10C%11C%12C%13CC%14C%15C%16C%17C%18C%19CC%20C%21C%22C%23C%24C1C21C32C43C54C65C78C96C%107C%118C%129C%13%14C%15%10C%16%11C%17%12C%18%13C%20%19C%21%14C%22%15C%23%16C%241C21C32C43C56C74C85C9%10C%116C%127C%14%13C%158C%161C21C34C56C871. The second-order valence-electron chi connectivity index (χ2n) is 42.6. The van der Waals surface area contributed by atoms with E-state index in [2.05, 4.69) is 0 Å². The molecule has 49 fully saturated rings. The van der Waals surface area contributed by atoms with E-state index in [1.54, 1.807) is 0 Å². The molecule has 0 heterocycles. The maximum Gasteiger partial charge on any atom is -0.0000253 e. The van der Waals surface area contributed by atoms with Crippen molar-refractivity contribution in [3.8, 4) is 0 Å². The number of rotatable bonds is 0. The minimum Gasteiger partial charge on any atom is -0.0458 e. The smallest absolute Gasteiger partial charge is 0.0000253 e. The topological polar surface area (TPSA) is 0 Å². The van der Waals surface area contributed by atoms with Gasteiger partial charge in [-0.1, -0.05) is 0 Å². The molecule has 0 N–H and O–H groups in total. The molecular weight excluding hydrogens is 769 g/mol. The summed E-state index contributed by atoms with van der Waals surface area (Å²) < 4.78 is 0. The standard InChI is InChI=1S/C64H32/c1-5-13-21-23-15-7-2-9-17-25-27-19-11-4-12-20-28-26-18-10-3-8-16-24-22-14-6(1)29(5)33(13)41(21)43(23)35(15)30(7,9)37(17)45(25)47(27)39(19)32(11,12)40(20)48(28)46(26)38(18)31(8,10)36(16)44(24)42(22)34(14,29)49(33)53(41)55(43)50(35,37)57(45)59(47)52(39,40)60(48)58(46)51(36,38)56(44)54(42,49)61(53)62(55,57)64(59,60)63(56,58)61/h5-28H,1-4H2. The highest BCUT2D eigenvalue weighted by Gasteiger charge is 3.80. The van der Waals surface area contributed by atoms with Gasteiger partial charge >= 0.3 is 0 Å². The van der Waals surface area contributed by atoms with Crippen LogP contribution in [0.25, 0.3) is 0 Å². The van der Waals surface area contributed by atoms with E-state index < -0.39 is 0 Å². The lowest BCUT2D eigenvalue weighted by molar-refractivity contribution is -1.32. The molecular formula is C64H32. The summed E-state index contributed by atoms with van der Waals surface area (Å²) in [5, 5.41) is 0. The van der Waals surface area contributed by atoms with Crippen LogP contribution in [0.1, 0.15) is 25.7 Å². The summed E-state index contributed by atoms with van der Waals surface area (Å²) in [6.45, 7) is 0. The first kappa shape index (κ1) is 20.2. The predicted octanol–water partition coefficient (Wildman–Crippen LogP) is 4.51. The molecule has 0 radical (unpaired) electrons. The third-order valence-corrected chi connectivity index (χ3v) is 58.5. The Labute approximate surface area is 360 Å². The zero-order valence-corrected chi connectivity index (χ0v) is 34.7. The molecule has 49 aliphatic carbocycles. The molecule has 0 aromatic rings. The molecule has 288 valence electrons. The van der Waals surface area contributed by atoms with Gasteiger partial charge in [-0.3, -0.25) is 0 Å². The van der Waals surface area contributed by atoms with Crippen molar-refractivity contribution in [1.29, 1.82) is 0 Å². The van der Waals surface area contributed by atoms with Gasteiger partial charge < -0.3 is 0 Å². The first-order chi connectivity index (χ1) is 31.9. The molecule has 48 atom stereocenters. The van der Waals surface area contributed by atoms with Gasteiger partial charge in [0.1, 0.15) is 0 Å². The van der Waals surface area contributed by atoms with E-state index in [1.165, 1.54) is 207 Å². The lowest BCUT2D eigenvalue weighted by Crippen LogP contribution is -3.76. The molecule has 0 heteroatoms. The summed E-state index contributed by atoms with van der Waals surface area (Å²) in [4.78, 5) is 0. The van der Waals surface area contributed by atoms with Gasteiger partial charge in [-0.2, -0.15) is 0 Å². The Hall–Kier alpha value is 0. The zero-order chi connectivity index (χ0) is 34.7. The van der Waals surface area contributed by atoms with E-state index in [4.69, 9.17) is 0 Å². The lowest BCUT2D eigenvalue weighted by Gasteiger charge is -3.76. The Morgan fingerprint density at radius 3 is 0.453 bits per heavy atom. The summed E-state index contributed by atoms with van der Waals surface area (Å²) in [7, 11) is 0. The monoisotopic (exact) mass is 800 g/mol. The van der Waals surface area contributed by atoms with E-state index in [9.17, 15) is 0 Å². The Balaban J connectivity index is 0.781. The van der Waals surface area contributed by atoms with E-state index in [-0.39, 0.29) is 0 Å². The van der Waals surface area contributed by atoms with Crippen molar-refractivity contribution in [2.75, 3.05) is 0 Å². The lowest BCUT2D eigenvalue weighted by atomic mass is 8.25. The minimum absolute atomic E-state index is 1.12. The van der Waals surface area contributed by atoms with Crippen LogP contribution in [0.15, 0.2) is 0 Å². The Kier molecular flexibility index (Phi) is 0.899. The zero-order valence-electron chi connectivity index (χ0n) is 34.7. The van der Waals surface area contributed by atoms with E-state index >= 15 is 0 Å². The van der Waals surface area contributed by atoms with Crippen LogP contribution in [0.4, 0.5) is 0 Å². The van der Waals surface area contributed by atoms with Crippen molar-refractivity contribution < 1.29 is 0 Å². The van der Waals surface area contributed by atoms with Crippen LogP contribution in [-0.4, -0.2) is 0 Å². The highest BCUT2D eigenvalue weighted by atomic mass is 15.8. The molecule has 49 saturated carbocycles. The summed E-state index contributed by atoms with van der Waals surface area (Å²) in [6.07, 6.45) is 7.56. The fraction of sp³-hybridized carbons (Fsp3) is 1.00. The van der Waals surface area contributed by atoms with Gasteiger partial charge in [-0.15, -0.1) is 0 Å². The van der Waals surface area contributed by atoms with Crippen molar-refractivity contribution in [1.82, 2.24) is 0 Å². The van der Waals surface area contributed by atoms with Crippen LogP contribution < -0.4 is 0 Å². The predicted molar refractivity (Wildman–Crippen MR) is 190 cm³/mol. The number of fused-ring (bicyclic) bond motifs is 20. The first-order valence-electron chi connectivity index (χ1n) is 31.9. The molecule has 49 rings (SSSR count). The fourth-order valence-electron chi connectivity index (χ4n) is 76.5. The van der Waals surface area contributed by atoms with E-state index in [0.29, 0.717) is 0 Å². The fourth-order valence-corrected chi connectivity index (χ4v) is 76.5. The molecule has 0 bridgehead atoms.